The molecule has 0 unspecified atom stereocenters. The Bertz CT molecular complexity index is 1020. The Morgan fingerprint density at radius 2 is 1.72 bits per heavy atom. The summed E-state index contributed by atoms with van der Waals surface area (Å²) in [5, 5.41) is 66.1. The van der Waals surface area contributed by atoms with Crippen LogP contribution in [0.5, 0.6) is 0 Å². The van der Waals surface area contributed by atoms with E-state index in [1.54, 1.807) is 13.0 Å². The van der Waals surface area contributed by atoms with E-state index in [1.165, 1.54) is 0 Å². The first-order chi connectivity index (χ1) is 18.4. The second-order valence-electron chi connectivity index (χ2n) is 13.6. The zero-order chi connectivity index (χ0) is 28.0. The molecule has 0 aromatic rings. The van der Waals surface area contributed by atoms with Gasteiger partial charge in [0, 0.05) is 23.3 Å². The molecule has 5 fully saturated rings. The largest absolute Gasteiger partial charge is 0.458 e. The van der Waals surface area contributed by atoms with Gasteiger partial charge in [0.05, 0.1) is 30.0 Å². The lowest BCUT2D eigenvalue weighted by atomic mass is 9.41. The number of aliphatic hydroxyl groups is 6. The van der Waals surface area contributed by atoms with Crippen molar-refractivity contribution < 1.29 is 49.6 Å². The van der Waals surface area contributed by atoms with Gasteiger partial charge in [0.25, 0.3) is 0 Å². The lowest BCUT2D eigenvalue weighted by Gasteiger charge is -2.66. The van der Waals surface area contributed by atoms with Crippen molar-refractivity contribution in [1.29, 1.82) is 0 Å². The summed E-state index contributed by atoms with van der Waals surface area (Å²) in [4.78, 5) is 11.8. The molecule has 13 atom stereocenters. The van der Waals surface area contributed by atoms with E-state index >= 15 is 0 Å². The van der Waals surface area contributed by atoms with Crippen molar-refractivity contribution in [3.63, 3.8) is 0 Å². The van der Waals surface area contributed by atoms with Gasteiger partial charge in [0.15, 0.2) is 6.29 Å². The number of aliphatic hydroxyl groups excluding tert-OH is 4. The van der Waals surface area contributed by atoms with Crippen molar-refractivity contribution in [3.05, 3.63) is 11.6 Å². The highest BCUT2D eigenvalue weighted by atomic mass is 16.7. The van der Waals surface area contributed by atoms with Gasteiger partial charge in [-0.25, -0.2) is 4.79 Å². The van der Waals surface area contributed by atoms with E-state index in [0.717, 1.165) is 24.8 Å². The van der Waals surface area contributed by atoms with Crippen LogP contribution in [0.1, 0.15) is 71.6 Å². The lowest BCUT2D eigenvalue weighted by Crippen LogP contribution is -2.69. The standard InChI is InChI=1S/C29H44O10/c1-15-22(32)23(33)24(34)25(38-15)39-17-3-8-27(14-30)19-4-7-26(2)18(16-11-21(31)37-13-16)6-10-29(26,36)20(19)5-9-28(27,35)12-17/h11,15,17-20,22-25,30,32-36H,3-10,12-14H2,1-2H3/t15-,17-,18+,19-,20+,22+,23+,24+,25+,26+,27-,28-,29-/m0/s1. The Morgan fingerprint density at radius 3 is 2.41 bits per heavy atom. The summed E-state index contributed by atoms with van der Waals surface area (Å²) < 4.78 is 16.9. The zero-order valence-corrected chi connectivity index (χ0v) is 22.9. The van der Waals surface area contributed by atoms with E-state index in [4.69, 9.17) is 14.2 Å². The molecule has 0 radical (unpaired) electrons. The highest BCUT2D eigenvalue weighted by Crippen LogP contribution is 2.70. The highest BCUT2D eigenvalue weighted by Gasteiger charge is 2.71. The monoisotopic (exact) mass is 552 g/mol. The van der Waals surface area contributed by atoms with Crippen LogP contribution in [0.4, 0.5) is 0 Å². The summed E-state index contributed by atoms with van der Waals surface area (Å²) >= 11 is 0. The van der Waals surface area contributed by atoms with Crippen LogP contribution in [0.15, 0.2) is 11.6 Å². The molecule has 6 rings (SSSR count). The number of carbonyl (C=O) groups excluding carboxylic acids is 1. The molecule has 220 valence electrons. The number of hydrogen-bond acceptors (Lipinski definition) is 10. The number of ether oxygens (including phenoxy) is 3. The molecule has 10 nitrogen and oxygen atoms in total. The van der Waals surface area contributed by atoms with Gasteiger partial charge in [-0.3, -0.25) is 0 Å². The summed E-state index contributed by atoms with van der Waals surface area (Å²) in [7, 11) is 0. The topological polar surface area (TPSA) is 166 Å². The molecule has 2 aliphatic heterocycles. The Morgan fingerprint density at radius 1 is 0.974 bits per heavy atom. The average molecular weight is 553 g/mol. The molecule has 0 spiro atoms. The van der Waals surface area contributed by atoms with Gasteiger partial charge in [-0.1, -0.05) is 6.92 Å². The van der Waals surface area contributed by atoms with E-state index in [0.29, 0.717) is 38.7 Å². The van der Waals surface area contributed by atoms with Gasteiger partial charge in [0.2, 0.25) is 0 Å². The molecule has 39 heavy (non-hydrogen) atoms. The molecule has 10 heteroatoms. The van der Waals surface area contributed by atoms with Gasteiger partial charge in [0.1, 0.15) is 24.9 Å². The minimum Gasteiger partial charge on any atom is -0.458 e. The van der Waals surface area contributed by atoms with Gasteiger partial charge < -0.3 is 44.8 Å². The van der Waals surface area contributed by atoms with E-state index in [2.05, 4.69) is 6.92 Å². The maximum atomic E-state index is 12.4. The smallest absolute Gasteiger partial charge is 0.331 e. The Balaban J connectivity index is 1.22. The van der Waals surface area contributed by atoms with E-state index < -0.39 is 58.8 Å². The van der Waals surface area contributed by atoms with Crippen LogP contribution >= 0.6 is 0 Å². The highest BCUT2D eigenvalue weighted by molar-refractivity contribution is 5.85. The van der Waals surface area contributed by atoms with Crippen LogP contribution in [-0.2, 0) is 19.0 Å². The molecule has 6 N–H and O–H groups in total. The predicted octanol–water partition coefficient (Wildman–Crippen LogP) is 0.543. The van der Waals surface area contributed by atoms with E-state index in [9.17, 15) is 35.4 Å². The normalized spacial score (nSPS) is 55.3. The lowest BCUT2D eigenvalue weighted by molar-refractivity contribution is -0.322. The molecular formula is C29H44O10. The van der Waals surface area contributed by atoms with Crippen LogP contribution in [-0.4, -0.2) is 97.8 Å². The molecule has 2 heterocycles. The third-order valence-corrected chi connectivity index (χ3v) is 12.2. The summed E-state index contributed by atoms with van der Waals surface area (Å²) in [6, 6.07) is 0. The van der Waals surface area contributed by atoms with Crippen LogP contribution in [0.2, 0.25) is 0 Å². The van der Waals surface area contributed by atoms with Crippen molar-refractivity contribution in [1.82, 2.24) is 0 Å². The first kappa shape index (κ1) is 28.0. The molecule has 0 amide bonds. The van der Waals surface area contributed by atoms with E-state index in [-0.39, 0.29) is 36.8 Å². The number of cyclic esters (lactones) is 1. The third kappa shape index (κ3) is 3.86. The summed E-state index contributed by atoms with van der Waals surface area (Å²) in [6.07, 6.45) is 0.474. The zero-order valence-electron chi connectivity index (χ0n) is 22.9. The molecular weight excluding hydrogens is 508 g/mol. The van der Waals surface area contributed by atoms with Crippen LogP contribution in [0, 0.1) is 28.6 Å². The van der Waals surface area contributed by atoms with Crippen molar-refractivity contribution >= 4 is 5.97 Å². The van der Waals surface area contributed by atoms with E-state index in [1.807, 2.05) is 0 Å². The summed E-state index contributed by atoms with van der Waals surface area (Å²) in [6.45, 7) is 3.85. The average Bonchev–Trinajstić information content (AvgIpc) is 3.45. The first-order valence-corrected chi connectivity index (χ1v) is 14.7. The van der Waals surface area contributed by atoms with Crippen LogP contribution < -0.4 is 0 Å². The quantitative estimate of drug-likeness (QED) is 0.214. The second kappa shape index (κ2) is 9.46. The predicted molar refractivity (Wildman–Crippen MR) is 136 cm³/mol. The molecule has 0 bridgehead atoms. The van der Waals surface area contributed by atoms with Gasteiger partial charge >= 0.3 is 5.97 Å². The van der Waals surface area contributed by atoms with Gasteiger partial charge in [-0.15, -0.1) is 0 Å². The Hall–Kier alpha value is -1.11. The Kier molecular flexibility index (Phi) is 6.80. The number of fused-ring (bicyclic) bond motifs is 5. The van der Waals surface area contributed by atoms with Crippen molar-refractivity contribution in [2.24, 2.45) is 28.6 Å². The fourth-order valence-electron chi connectivity index (χ4n) is 9.93. The molecule has 6 aliphatic rings. The van der Waals surface area contributed by atoms with Crippen molar-refractivity contribution in [2.45, 2.75) is 120 Å². The maximum Gasteiger partial charge on any atom is 0.331 e. The minimum absolute atomic E-state index is 0.0667. The minimum atomic E-state index is -1.41. The van der Waals surface area contributed by atoms with Crippen LogP contribution in [0.3, 0.4) is 0 Å². The molecule has 0 aromatic carbocycles. The molecule has 4 aliphatic carbocycles. The fourth-order valence-corrected chi connectivity index (χ4v) is 9.93. The van der Waals surface area contributed by atoms with Crippen LogP contribution in [0.25, 0.3) is 0 Å². The molecule has 4 saturated carbocycles. The SMILES string of the molecule is C[C@@H]1O[C@H](O[C@H]2CC[C@]3(CO)[C@H]4CC[C@]5(C)[C@@H](C6=CC(=O)OC6)CC[C@]5(O)[C@@H]4CC[C@]3(O)C2)[C@H](O)[C@H](O)[C@@H]1O. The first-order valence-electron chi connectivity index (χ1n) is 14.7. The second-order valence-corrected chi connectivity index (χ2v) is 13.6. The Labute approximate surface area is 229 Å². The summed E-state index contributed by atoms with van der Waals surface area (Å²) in [5.41, 5.74) is -2.40. The maximum absolute atomic E-state index is 12.4. The van der Waals surface area contributed by atoms with Gasteiger partial charge in [-0.05, 0) is 81.6 Å². The number of carbonyl (C=O) groups is 1. The number of rotatable bonds is 4. The third-order valence-electron chi connectivity index (χ3n) is 12.2. The number of hydrogen-bond donors (Lipinski definition) is 6. The van der Waals surface area contributed by atoms with Gasteiger partial charge in [-0.2, -0.15) is 0 Å². The van der Waals surface area contributed by atoms with Crippen molar-refractivity contribution in [3.8, 4) is 0 Å². The molecule has 0 aromatic heterocycles. The van der Waals surface area contributed by atoms with Crippen molar-refractivity contribution in [2.75, 3.05) is 13.2 Å². The summed E-state index contributed by atoms with van der Waals surface area (Å²) in [5.74, 6) is -0.387. The number of esters is 1. The molecule has 1 saturated heterocycles. The fraction of sp³-hybridized carbons (Fsp3) is 0.897.